The molecule has 39 nitrogen and oxygen atoms in total. The van der Waals surface area contributed by atoms with E-state index in [2.05, 4.69) is 87.6 Å². The zero-order valence-corrected chi connectivity index (χ0v) is 67.8. The van der Waals surface area contributed by atoms with E-state index in [0.29, 0.717) is 54.0 Å². The summed E-state index contributed by atoms with van der Waals surface area (Å²) in [6.07, 6.45) is 4.39. The number of guanidine groups is 4. The van der Waals surface area contributed by atoms with Crippen LogP contribution in [0.25, 0.3) is 0 Å². The fraction of sp³-hybridized carbons (Fsp3) is 0.519. The van der Waals surface area contributed by atoms with Gasteiger partial charge in [0.05, 0.1) is 0 Å². The molecule has 11 atom stereocenters. The van der Waals surface area contributed by atoms with Crippen molar-refractivity contribution < 1.29 is 67.0 Å². The van der Waals surface area contributed by atoms with Crippen LogP contribution >= 0.6 is 0 Å². The molecule has 0 spiro atoms. The molecule has 3 aromatic carbocycles. The largest absolute Gasteiger partial charge is 0.490 e. The zero-order chi connectivity index (χ0) is 87.2. The van der Waals surface area contributed by atoms with E-state index < -0.39 is 155 Å². The Morgan fingerprint density at radius 1 is 0.449 bits per heavy atom. The van der Waals surface area contributed by atoms with Gasteiger partial charge in [-0.05, 0) is 150 Å². The van der Waals surface area contributed by atoms with Crippen molar-refractivity contribution in [3.63, 3.8) is 0 Å². The molecule has 1 fully saturated rings. The number of carbonyl (C=O) groups excluding carboxylic acids is 12. The van der Waals surface area contributed by atoms with Gasteiger partial charge >= 0.3 is 0 Å². The molecule has 0 saturated carbocycles. The summed E-state index contributed by atoms with van der Waals surface area (Å²) in [7, 11) is 0. The molecule has 118 heavy (non-hydrogen) atoms. The van der Waals surface area contributed by atoms with E-state index in [1.165, 1.54) is 24.8 Å². The number of carbonyl (C=O) groups is 12. The van der Waals surface area contributed by atoms with Crippen LogP contribution in [0.2, 0.25) is 0 Å². The smallest absolute Gasteiger partial charge is 0.245 e. The van der Waals surface area contributed by atoms with Crippen LogP contribution in [-0.4, -0.2) is 219 Å². The number of benzene rings is 3. The second-order valence-corrected chi connectivity index (χ2v) is 29.0. The second-order valence-electron chi connectivity index (χ2n) is 29.0. The minimum Gasteiger partial charge on any atom is -0.490 e. The maximum Gasteiger partial charge on any atom is 0.245 e. The van der Waals surface area contributed by atoms with Crippen molar-refractivity contribution in [2.45, 2.75) is 203 Å². The number of primary amides is 1. The minimum absolute atomic E-state index is 0.0153. The molecule has 39 heteroatoms. The fourth-order valence-corrected chi connectivity index (χ4v) is 12.7. The van der Waals surface area contributed by atoms with Crippen LogP contribution in [0.1, 0.15) is 134 Å². The third-order valence-corrected chi connectivity index (χ3v) is 18.7. The zero-order valence-electron chi connectivity index (χ0n) is 67.8. The Balaban J connectivity index is 1.72. The summed E-state index contributed by atoms with van der Waals surface area (Å²) in [4.78, 5) is 173. The van der Waals surface area contributed by atoms with Crippen LogP contribution < -0.4 is 118 Å². The highest BCUT2D eigenvalue weighted by atomic mass is 16.5. The number of likely N-dealkylation sites (tertiary alicyclic amines) is 1. The summed E-state index contributed by atoms with van der Waals surface area (Å²) in [5.41, 5.74) is 35.3. The van der Waals surface area contributed by atoms with Crippen LogP contribution in [0.5, 0.6) is 11.5 Å². The summed E-state index contributed by atoms with van der Waals surface area (Å²) in [5, 5.41) is 68.8. The van der Waals surface area contributed by atoms with Gasteiger partial charge in [-0.25, -0.2) is 0 Å². The monoisotopic (exact) mass is 1650 g/mol. The Morgan fingerprint density at radius 2 is 0.847 bits per heavy atom. The van der Waals surface area contributed by atoms with Crippen LogP contribution in [0, 0.1) is 27.6 Å². The number of hydrogen-bond acceptors (Lipinski definition) is 19. The maximum atomic E-state index is 15.3. The van der Waals surface area contributed by atoms with Gasteiger partial charge in [0, 0.05) is 58.9 Å². The normalized spacial score (nSPS) is 14.7. The van der Waals surface area contributed by atoms with Crippen molar-refractivity contribution >= 4 is 94.7 Å². The Hall–Kier alpha value is -12.6. The quantitative estimate of drug-likeness (QED) is 0.0120. The van der Waals surface area contributed by atoms with E-state index in [1.54, 1.807) is 98.8 Å². The predicted molar refractivity (Wildman–Crippen MR) is 445 cm³/mol. The Kier molecular flexibility index (Phi) is 43.8. The standard InChI is InChI=1S/C79H123N25O14/c1-7-40-117-53-32-30-51(31-33-53)45-62(102-71(112)61(95-49(6)105)44-50-20-10-9-11-21-50)73(114)103-63(46-52-22-14-23-54(43-52)118-41-8-2)72(113)99-58(27-17-37-92-78(86)87)69(110)101-60(42-47(3)4)70(111)98-57(26-16-36-91-77(84)85)68(109)97-56(25-15-35-90-76(82)83)67(108)94-48(5)66(107)100-59(28-18-38-93-79(88)89)75(116)104-39-19-29-64(104)74(115)96-55(65(81)106)24-12-13-34-80/h7-11,14,20-23,30-33,43,47-48,55-64H,1-2,12-13,15-19,24-29,34-42,44-46,80H2,3-6H3,(H2,81,106)(H,94,108)(H,95,105)(H,96,115)(H,97,109)(H,98,111)(H,99,113)(H,100,107)(H,101,110)(H,102,112)(H,103,114)(H4,82,83,90)(H4,84,85,91)(H4,86,87,92)(H4,88,89,93)/t48-,55+,56+,57+,58+,59+,60+,61+,62+,63+,64+/m1/s1. The van der Waals surface area contributed by atoms with Crippen molar-refractivity contribution in [2.75, 3.05) is 52.5 Å². The van der Waals surface area contributed by atoms with Gasteiger partial charge < -0.3 is 123 Å². The van der Waals surface area contributed by atoms with Gasteiger partial charge in [0.2, 0.25) is 70.9 Å². The van der Waals surface area contributed by atoms with Crippen molar-refractivity contribution in [3.8, 4) is 11.5 Å². The molecule has 0 bridgehead atoms. The number of nitrogens with zero attached hydrogens (tertiary/aromatic N) is 1. The Morgan fingerprint density at radius 3 is 1.31 bits per heavy atom. The molecule has 0 aromatic heterocycles. The molecule has 1 aliphatic heterocycles. The minimum atomic E-state index is -1.54. The Labute approximate surface area is 688 Å². The molecule has 3 aromatic rings. The van der Waals surface area contributed by atoms with Crippen LogP contribution in [0.4, 0.5) is 0 Å². The molecule has 0 unspecified atom stereocenters. The van der Waals surface area contributed by atoms with Gasteiger partial charge in [0.15, 0.2) is 23.8 Å². The first-order valence-electron chi connectivity index (χ1n) is 39.5. The first-order valence-corrected chi connectivity index (χ1v) is 39.5. The summed E-state index contributed by atoms with van der Waals surface area (Å²) >= 11 is 0. The number of unbranched alkanes of at least 4 members (excludes halogenated alkanes) is 1. The third kappa shape index (κ3) is 37.4. The first-order chi connectivity index (χ1) is 56.2. The number of nitrogens with two attached hydrogens (primary N) is 6. The SMILES string of the molecule is C=CCOc1ccc(C[C@H](NC(=O)[C@H](Cc2ccccc2)NC(C)=O)C(=O)N[C@@H](Cc2cccc(OCC=C)c2)C(=O)N[C@@H](CCCNC(=N)N)C(=O)N[C@@H](CC(C)C)C(=O)N[C@@H](CCCNC(=N)N)C(=O)N[C@@H](CCCNC(=N)N)C(=O)N[C@H](C)C(=O)N[C@@H](CCCNC(=N)N)C(=O)N2CCC[C@H]2C(=O)N[C@@H](CCCCN)C(N)=O)cc1. The highest BCUT2D eigenvalue weighted by Crippen LogP contribution is 2.22. The van der Waals surface area contributed by atoms with Crippen LogP contribution in [0.3, 0.4) is 0 Å². The van der Waals surface area contributed by atoms with Gasteiger partial charge in [-0.15, -0.1) is 0 Å². The van der Waals surface area contributed by atoms with E-state index in [4.69, 9.17) is 65.5 Å². The van der Waals surface area contributed by atoms with Gasteiger partial charge in [-0.3, -0.25) is 79.2 Å². The lowest BCUT2D eigenvalue weighted by Crippen LogP contribution is -2.61. The van der Waals surface area contributed by atoms with Gasteiger partial charge in [0.25, 0.3) is 0 Å². The summed E-state index contributed by atoms with van der Waals surface area (Å²) < 4.78 is 11.5. The lowest BCUT2D eigenvalue weighted by Gasteiger charge is -2.30. The van der Waals surface area contributed by atoms with Crippen molar-refractivity contribution in [1.29, 1.82) is 21.6 Å². The van der Waals surface area contributed by atoms with Crippen LogP contribution in [0.15, 0.2) is 104 Å². The van der Waals surface area contributed by atoms with Gasteiger partial charge in [-0.2, -0.15) is 0 Å². The first kappa shape index (κ1) is 97.8. The number of hydrogen-bond donors (Lipinski definition) is 24. The lowest BCUT2D eigenvalue weighted by atomic mass is 9.99. The highest BCUT2D eigenvalue weighted by Gasteiger charge is 2.41. The van der Waals surface area contributed by atoms with Crippen molar-refractivity contribution in [2.24, 2.45) is 40.3 Å². The lowest BCUT2D eigenvalue weighted by molar-refractivity contribution is -0.142. The molecule has 0 aliphatic carbocycles. The number of amides is 12. The van der Waals surface area contributed by atoms with E-state index in [0.717, 1.165) is 0 Å². The Bertz CT molecular complexity index is 3870. The maximum absolute atomic E-state index is 15.3. The molecule has 30 N–H and O–H groups in total. The van der Waals surface area contributed by atoms with E-state index in [-0.39, 0.29) is 148 Å². The molecule has 1 saturated heterocycles. The number of nitrogens with one attached hydrogen (secondary N) is 18. The second kappa shape index (κ2) is 52.8. The molecule has 1 aliphatic rings. The summed E-state index contributed by atoms with van der Waals surface area (Å²) in [6.45, 7) is 14.4. The number of rotatable bonds is 55. The van der Waals surface area contributed by atoms with Crippen molar-refractivity contribution in [1.82, 2.24) is 79.3 Å². The molecular weight excluding hydrogens is 1520 g/mol. The van der Waals surface area contributed by atoms with E-state index >= 15 is 19.2 Å². The van der Waals surface area contributed by atoms with E-state index in [1.807, 2.05) is 0 Å². The molecular formula is C79H123N25O14. The predicted octanol–water partition coefficient (Wildman–Crippen LogP) is -2.56. The highest BCUT2D eigenvalue weighted by molar-refractivity contribution is 6.00. The molecule has 648 valence electrons. The average molecular weight is 1650 g/mol. The average Bonchev–Trinajstić information content (AvgIpc) is 1.65. The summed E-state index contributed by atoms with van der Waals surface area (Å²) in [5.74, 6) is -10.7. The topological polar surface area (TPSA) is 646 Å². The summed E-state index contributed by atoms with van der Waals surface area (Å²) in [6, 6.07) is 7.27. The van der Waals surface area contributed by atoms with Crippen molar-refractivity contribution in [3.05, 3.63) is 121 Å². The fourth-order valence-electron chi connectivity index (χ4n) is 12.7. The third-order valence-electron chi connectivity index (χ3n) is 18.7. The number of ether oxygens (including phenoxy) is 2. The molecule has 1 heterocycles. The van der Waals surface area contributed by atoms with E-state index in [9.17, 15) is 38.4 Å². The molecule has 12 amide bonds. The van der Waals surface area contributed by atoms with Crippen LogP contribution in [-0.2, 0) is 76.8 Å². The van der Waals surface area contributed by atoms with Gasteiger partial charge in [0.1, 0.15) is 91.2 Å². The van der Waals surface area contributed by atoms with Gasteiger partial charge in [-0.1, -0.05) is 93.8 Å². The molecule has 0 radical (unpaired) electrons. The molecule has 4 rings (SSSR count).